The first-order valence-corrected chi connectivity index (χ1v) is 5.74. The summed E-state index contributed by atoms with van der Waals surface area (Å²) in [6.45, 7) is 2.24. The Bertz CT molecular complexity index is 529. The van der Waals surface area contributed by atoms with E-state index < -0.39 is 0 Å². The minimum Gasteiger partial charge on any atom is -0.338 e. The zero-order chi connectivity index (χ0) is 12.8. The van der Waals surface area contributed by atoms with Crippen molar-refractivity contribution in [3.8, 4) is 6.07 Å². The fourth-order valence-electron chi connectivity index (χ4n) is 1.71. The zero-order valence-corrected chi connectivity index (χ0v) is 10.1. The fraction of sp³-hybridized carbons (Fsp3) is 0.308. The maximum atomic E-state index is 8.86. The maximum Gasteiger partial charge on any atom is 0.240 e. The topological polar surface area (TPSA) is 74.7 Å². The average molecular weight is 242 g/mol. The van der Waals surface area contributed by atoms with E-state index in [0.29, 0.717) is 24.7 Å². The van der Waals surface area contributed by atoms with Crippen molar-refractivity contribution in [3.63, 3.8) is 0 Å². The molecule has 0 radical (unpaired) electrons. The standard InChI is InChI=1S/C13H14N4O/c1-10-16-13(18-17-10)9-15-12(7-8-14)11-5-3-2-4-6-11/h2-6,12,15H,7,9H2,1H3. The molecule has 2 rings (SSSR count). The van der Waals surface area contributed by atoms with Crippen molar-refractivity contribution in [1.29, 1.82) is 5.26 Å². The van der Waals surface area contributed by atoms with Crippen molar-refractivity contribution in [2.24, 2.45) is 0 Å². The smallest absolute Gasteiger partial charge is 0.240 e. The lowest BCUT2D eigenvalue weighted by Gasteiger charge is -2.14. The van der Waals surface area contributed by atoms with Crippen LogP contribution in [-0.2, 0) is 6.54 Å². The lowest BCUT2D eigenvalue weighted by atomic mass is 10.0. The van der Waals surface area contributed by atoms with Crippen LogP contribution in [0.1, 0.15) is 29.7 Å². The van der Waals surface area contributed by atoms with Crippen LogP contribution < -0.4 is 5.32 Å². The molecule has 5 heteroatoms. The number of hydrogen-bond acceptors (Lipinski definition) is 5. The third-order valence-corrected chi connectivity index (χ3v) is 2.57. The molecular weight excluding hydrogens is 228 g/mol. The Morgan fingerprint density at radius 2 is 2.17 bits per heavy atom. The number of nitriles is 1. The van der Waals surface area contributed by atoms with Gasteiger partial charge < -0.3 is 9.84 Å². The van der Waals surface area contributed by atoms with Gasteiger partial charge in [-0.05, 0) is 12.5 Å². The van der Waals surface area contributed by atoms with Gasteiger partial charge in [0.15, 0.2) is 5.82 Å². The van der Waals surface area contributed by atoms with Crippen molar-refractivity contribution in [3.05, 3.63) is 47.6 Å². The van der Waals surface area contributed by atoms with Crippen molar-refractivity contribution >= 4 is 0 Å². The van der Waals surface area contributed by atoms with Gasteiger partial charge in [-0.2, -0.15) is 10.2 Å². The summed E-state index contributed by atoms with van der Waals surface area (Å²) in [5.74, 6) is 1.15. The van der Waals surface area contributed by atoms with Gasteiger partial charge in [-0.25, -0.2) is 0 Å². The van der Waals surface area contributed by atoms with Crippen molar-refractivity contribution in [2.75, 3.05) is 0 Å². The van der Waals surface area contributed by atoms with Crippen LogP contribution in [0.5, 0.6) is 0 Å². The Balaban J connectivity index is 2.01. The summed E-state index contributed by atoms with van der Waals surface area (Å²) < 4.78 is 5.02. The zero-order valence-electron chi connectivity index (χ0n) is 10.1. The fourth-order valence-corrected chi connectivity index (χ4v) is 1.71. The highest BCUT2D eigenvalue weighted by Gasteiger charge is 2.12. The number of rotatable bonds is 5. The highest BCUT2D eigenvalue weighted by molar-refractivity contribution is 5.19. The van der Waals surface area contributed by atoms with Crippen LogP contribution in [0.15, 0.2) is 34.9 Å². The lowest BCUT2D eigenvalue weighted by Crippen LogP contribution is -2.20. The van der Waals surface area contributed by atoms with Gasteiger partial charge >= 0.3 is 0 Å². The molecule has 2 aromatic rings. The van der Waals surface area contributed by atoms with Crippen molar-refractivity contribution in [1.82, 2.24) is 15.5 Å². The van der Waals surface area contributed by atoms with Gasteiger partial charge in [-0.1, -0.05) is 35.5 Å². The van der Waals surface area contributed by atoms with Crippen molar-refractivity contribution in [2.45, 2.75) is 25.9 Å². The van der Waals surface area contributed by atoms with Crippen LogP contribution >= 0.6 is 0 Å². The Labute approximate surface area is 105 Å². The van der Waals surface area contributed by atoms with Gasteiger partial charge in [-0.3, -0.25) is 0 Å². The lowest BCUT2D eigenvalue weighted by molar-refractivity contribution is 0.355. The highest BCUT2D eigenvalue weighted by Crippen LogP contribution is 2.16. The molecule has 1 N–H and O–H groups in total. The summed E-state index contributed by atoms with van der Waals surface area (Å²) in [6.07, 6.45) is 0.400. The molecule has 1 aromatic carbocycles. The van der Waals surface area contributed by atoms with Crippen LogP contribution in [-0.4, -0.2) is 10.1 Å². The van der Waals surface area contributed by atoms with Gasteiger partial charge in [0.1, 0.15) is 0 Å². The van der Waals surface area contributed by atoms with Crippen LogP contribution in [0.2, 0.25) is 0 Å². The molecule has 0 fully saturated rings. The molecule has 5 nitrogen and oxygen atoms in total. The summed E-state index contributed by atoms with van der Waals surface area (Å²) in [5, 5.41) is 15.8. The molecule has 1 unspecified atom stereocenters. The normalized spacial score (nSPS) is 12.0. The van der Waals surface area contributed by atoms with E-state index in [4.69, 9.17) is 9.78 Å². The van der Waals surface area contributed by atoms with Gasteiger partial charge in [0, 0.05) is 6.04 Å². The molecule has 0 aliphatic carbocycles. The Morgan fingerprint density at radius 3 is 2.78 bits per heavy atom. The summed E-state index contributed by atoms with van der Waals surface area (Å²) in [5.41, 5.74) is 1.08. The molecule has 1 atom stereocenters. The first-order valence-electron chi connectivity index (χ1n) is 5.74. The predicted molar refractivity (Wildman–Crippen MR) is 65.3 cm³/mol. The van der Waals surface area contributed by atoms with E-state index in [2.05, 4.69) is 21.5 Å². The molecule has 1 heterocycles. The minimum atomic E-state index is -0.0246. The predicted octanol–water partition coefficient (Wildman–Crippen LogP) is 2.12. The third-order valence-electron chi connectivity index (χ3n) is 2.57. The number of nitrogens with one attached hydrogen (secondary N) is 1. The summed E-state index contributed by atoms with van der Waals surface area (Å²) >= 11 is 0. The molecular formula is C13H14N4O. The second-order valence-electron chi connectivity index (χ2n) is 3.94. The molecule has 0 spiro atoms. The molecule has 0 aliphatic heterocycles. The second-order valence-corrected chi connectivity index (χ2v) is 3.94. The second kappa shape index (κ2) is 5.94. The highest BCUT2D eigenvalue weighted by atomic mass is 16.5. The average Bonchev–Trinajstić information content (AvgIpc) is 2.81. The molecule has 0 saturated carbocycles. The number of hydrogen-bond donors (Lipinski definition) is 1. The van der Waals surface area contributed by atoms with E-state index >= 15 is 0 Å². The van der Waals surface area contributed by atoms with Crippen LogP contribution in [0.4, 0.5) is 0 Å². The Morgan fingerprint density at radius 1 is 1.39 bits per heavy atom. The molecule has 0 bridgehead atoms. The van der Waals surface area contributed by atoms with Crippen LogP contribution in [0.3, 0.4) is 0 Å². The summed E-state index contributed by atoms with van der Waals surface area (Å²) in [6, 6.07) is 12.0. The first-order chi connectivity index (χ1) is 8.79. The molecule has 18 heavy (non-hydrogen) atoms. The number of aryl methyl sites for hydroxylation is 1. The molecule has 0 amide bonds. The van der Waals surface area contributed by atoms with E-state index in [1.165, 1.54) is 0 Å². The minimum absolute atomic E-state index is 0.0246. The summed E-state index contributed by atoms with van der Waals surface area (Å²) in [7, 11) is 0. The molecule has 0 saturated heterocycles. The monoisotopic (exact) mass is 242 g/mol. The van der Waals surface area contributed by atoms with E-state index in [9.17, 15) is 0 Å². The van der Waals surface area contributed by atoms with E-state index in [1.807, 2.05) is 30.3 Å². The molecule has 1 aromatic heterocycles. The number of nitrogens with zero attached hydrogens (tertiary/aromatic N) is 3. The number of aromatic nitrogens is 2. The SMILES string of the molecule is Cc1noc(CNC(CC#N)c2ccccc2)n1. The van der Waals surface area contributed by atoms with Crippen LogP contribution in [0, 0.1) is 18.3 Å². The van der Waals surface area contributed by atoms with Crippen molar-refractivity contribution < 1.29 is 4.52 Å². The summed E-state index contributed by atoms with van der Waals surface area (Å²) in [4.78, 5) is 4.11. The van der Waals surface area contributed by atoms with Crippen LogP contribution in [0.25, 0.3) is 0 Å². The molecule has 0 aliphatic rings. The van der Waals surface area contributed by atoms with E-state index in [0.717, 1.165) is 5.56 Å². The maximum absolute atomic E-state index is 8.86. The molecule has 92 valence electrons. The van der Waals surface area contributed by atoms with Gasteiger partial charge in [0.25, 0.3) is 0 Å². The quantitative estimate of drug-likeness (QED) is 0.869. The Hall–Kier alpha value is -2.19. The van der Waals surface area contributed by atoms with E-state index in [1.54, 1.807) is 6.92 Å². The first kappa shape index (κ1) is 12.3. The van der Waals surface area contributed by atoms with E-state index in [-0.39, 0.29) is 6.04 Å². The van der Waals surface area contributed by atoms with Gasteiger partial charge in [0.2, 0.25) is 5.89 Å². The number of benzene rings is 1. The third kappa shape index (κ3) is 3.15. The largest absolute Gasteiger partial charge is 0.338 e. The Kier molecular flexibility index (Phi) is 4.05. The van der Waals surface area contributed by atoms with Gasteiger partial charge in [-0.15, -0.1) is 0 Å². The van der Waals surface area contributed by atoms with Gasteiger partial charge in [0.05, 0.1) is 19.0 Å².